The van der Waals surface area contributed by atoms with Gasteiger partial charge in [-0.05, 0) is 30.4 Å². The lowest BCUT2D eigenvalue weighted by molar-refractivity contribution is -0.132. The highest BCUT2D eigenvalue weighted by Crippen LogP contribution is 2.35. The molecule has 5 nitrogen and oxygen atoms in total. The molecule has 1 aliphatic heterocycles. The number of para-hydroxylation sites is 1. The molecule has 0 aromatic heterocycles. The highest BCUT2D eigenvalue weighted by atomic mass is 16.6. The van der Waals surface area contributed by atoms with Gasteiger partial charge in [0.2, 0.25) is 0 Å². The van der Waals surface area contributed by atoms with E-state index in [0.29, 0.717) is 17.1 Å². The maximum Gasteiger partial charge on any atom is 0.308 e. The molecule has 3 rings (SSSR count). The van der Waals surface area contributed by atoms with Gasteiger partial charge in [0.05, 0.1) is 0 Å². The van der Waals surface area contributed by atoms with Crippen molar-refractivity contribution in [2.24, 2.45) is 0 Å². The Bertz CT molecular complexity index is 768. The summed E-state index contributed by atoms with van der Waals surface area (Å²) >= 11 is 0. The summed E-state index contributed by atoms with van der Waals surface area (Å²) in [6, 6.07) is 14.1. The SMILES string of the molecule is CC(=O)Oc1cccc2c1OC(NC(=O)c1ccccc1)C=C2. The number of carbonyl (C=O) groups excluding carboxylic acids is 2. The average Bonchev–Trinajstić information content (AvgIpc) is 2.56. The van der Waals surface area contributed by atoms with E-state index in [2.05, 4.69) is 5.32 Å². The minimum absolute atomic E-state index is 0.242. The number of benzene rings is 2. The first-order chi connectivity index (χ1) is 11.1. The third kappa shape index (κ3) is 3.40. The maximum absolute atomic E-state index is 12.2. The molecule has 1 atom stereocenters. The zero-order chi connectivity index (χ0) is 16.2. The van der Waals surface area contributed by atoms with E-state index < -0.39 is 12.2 Å². The Hall–Kier alpha value is -3.08. The molecule has 1 unspecified atom stereocenters. The summed E-state index contributed by atoms with van der Waals surface area (Å²) < 4.78 is 10.9. The molecule has 0 saturated carbocycles. The molecule has 116 valence electrons. The molecule has 0 aliphatic carbocycles. The Balaban J connectivity index is 1.77. The summed E-state index contributed by atoms with van der Waals surface area (Å²) in [6.45, 7) is 1.33. The lowest BCUT2D eigenvalue weighted by Gasteiger charge is -2.23. The van der Waals surface area contributed by atoms with E-state index in [4.69, 9.17) is 9.47 Å². The van der Waals surface area contributed by atoms with Crippen LogP contribution in [0.1, 0.15) is 22.8 Å². The number of rotatable bonds is 3. The largest absolute Gasteiger partial charge is 0.462 e. The molecule has 1 amide bonds. The predicted molar refractivity (Wildman–Crippen MR) is 85.1 cm³/mol. The molecule has 0 bridgehead atoms. The molecule has 0 fully saturated rings. The number of esters is 1. The minimum atomic E-state index is -0.632. The standard InChI is InChI=1S/C18H15NO4/c1-12(20)22-15-9-5-8-13-10-11-16(23-17(13)15)19-18(21)14-6-3-2-4-7-14/h2-11,16H,1H3,(H,19,21). The van der Waals surface area contributed by atoms with E-state index >= 15 is 0 Å². The maximum atomic E-state index is 12.2. The number of ether oxygens (including phenoxy) is 2. The van der Waals surface area contributed by atoms with Gasteiger partial charge in [0.25, 0.3) is 5.91 Å². The first-order valence-corrected chi connectivity index (χ1v) is 7.16. The van der Waals surface area contributed by atoms with E-state index in [0.717, 1.165) is 5.56 Å². The Morgan fingerprint density at radius 3 is 2.61 bits per heavy atom. The fourth-order valence-electron chi connectivity index (χ4n) is 2.26. The van der Waals surface area contributed by atoms with Gasteiger partial charge in [0.15, 0.2) is 17.7 Å². The van der Waals surface area contributed by atoms with Crippen LogP contribution in [0.2, 0.25) is 0 Å². The Morgan fingerprint density at radius 2 is 1.87 bits per heavy atom. The molecule has 0 saturated heterocycles. The van der Waals surface area contributed by atoms with Gasteiger partial charge in [0.1, 0.15) is 0 Å². The highest BCUT2D eigenvalue weighted by Gasteiger charge is 2.21. The molecule has 1 heterocycles. The van der Waals surface area contributed by atoms with E-state index in [1.165, 1.54) is 6.92 Å². The van der Waals surface area contributed by atoms with E-state index in [9.17, 15) is 9.59 Å². The number of fused-ring (bicyclic) bond motifs is 1. The van der Waals surface area contributed by atoms with Crippen LogP contribution in [0.5, 0.6) is 11.5 Å². The second-order valence-electron chi connectivity index (χ2n) is 5.01. The third-order valence-electron chi connectivity index (χ3n) is 3.27. The van der Waals surface area contributed by atoms with Crippen molar-refractivity contribution in [2.45, 2.75) is 13.2 Å². The number of hydrogen-bond donors (Lipinski definition) is 1. The summed E-state index contributed by atoms with van der Waals surface area (Å²) in [5, 5.41) is 2.77. The number of hydrogen-bond acceptors (Lipinski definition) is 4. The number of amides is 1. The molecule has 5 heteroatoms. The van der Waals surface area contributed by atoms with E-state index in [1.54, 1.807) is 42.5 Å². The molecule has 1 aliphatic rings. The normalized spacial score (nSPS) is 15.3. The number of carbonyl (C=O) groups is 2. The van der Waals surface area contributed by atoms with Gasteiger partial charge in [-0.15, -0.1) is 0 Å². The molecule has 1 N–H and O–H groups in total. The molecule has 2 aromatic carbocycles. The van der Waals surface area contributed by atoms with Crippen molar-refractivity contribution in [1.29, 1.82) is 0 Å². The third-order valence-corrected chi connectivity index (χ3v) is 3.27. The smallest absolute Gasteiger partial charge is 0.308 e. The fourth-order valence-corrected chi connectivity index (χ4v) is 2.26. The van der Waals surface area contributed by atoms with Crippen LogP contribution in [0, 0.1) is 0 Å². The van der Waals surface area contributed by atoms with Crippen molar-refractivity contribution in [3.05, 3.63) is 65.7 Å². The summed E-state index contributed by atoms with van der Waals surface area (Å²) in [5.41, 5.74) is 1.33. The average molecular weight is 309 g/mol. The van der Waals surface area contributed by atoms with Gasteiger partial charge in [-0.3, -0.25) is 9.59 Å². The Kier molecular flexibility index (Phi) is 4.10. The van der Waals surface area contributed by atoms with Crippen molar-refractivity contribution < 1.29 is 19.1 Å². The Morgan fingerprint density at radius 1 is 1.09 bits per heavy atom. The summed E-state index contributed by atoms with van der Waals surface area (Å²) in [5.74, 6) is 0.0944. The van der Waals surface area contributed by atoms with Crippen molar-refractivity contribution >= 4 is 18.0 Å². The monoisotopic (exact) mass is 309 g/mol. The van der Waals surface area contributed by atoms with Crippen LogP contribution < -0.4 is 14.8 Å². The van der Waals surface area contributed by atoms with Crippen LogP contribution in [0.25, 0.3) is 6.08 Å². The summed E-state index contributed by atoms with van der Waals surface area (Å²) in [6.07, 6.45) is 2.93. The van der Waals surface area contributed by atoms with Crippen LogP contribution in [0.4, 0.5) is 0 Å². The van der Waals surface area contributed by atoms with Gasteiger partial charge in [-0.25, -0.2) is 0 Å². The predicted octanol–water partition coefficient (Wildman–Crippen LogP) is 2.77. The van der Waals surface area contributed by atoms with Crippen molar-refractivity contribution in [3.63, 3.8) is 0 Å². The van der Waals surface area contributed by atoms with Gasteiger partial charge < -0.3 is 14.8 Å². The lowest BCUT2D eigenvalue weighted by Crippen LogP contribution is -2.38. The summed E-state index contributed by atoms with van der Waals surface area (Å²) in [4.78, 5) is 23.4. The molecule has 23 heavy (non-hydrogen) atoms. The van der Waals surface area contributed by atoms with Crippen molar-refractivity contribution in [3.8, 4) is 11.5 Å². The molecule has 0 spiro atoms. The Labute approximate surface area is 133 Å². The highest BCUT2D eigenvalue weighted by molar-refractivity contribution is 5.94. The lowest BCUT2D eigenvalue weighted by atomic mass is 10.1. The summed E-state index contributed by atoms with van der Waals surface area (Å²) in [7, 11) is 0. The van der Waals surface area contributed by atoms with Crippen LogP contribution in [-0.2, 0) is 4.79 Å². The fraction of sp³-hybridized carbons (Fsp3) is 0.111. The first-order valence-electron chi connectivity index (χ1n) is 7.16. The zero-order valence-electron chi connectivity index (χ0n) is 12.5. The molecule has 0 radical (unpaired) electrons. The van der Waals surface area contributed by atoms with E-state index in [-0.39, 0.29) is 5.91 Å². The van der Waals surface area contributed by atoms with Gasteiger partial charge >= 0.3 is 5.97 Å². The second kappa shape index (κ2) is 6.36. The van der Waals surface area contributed by atoms with Crippen LogP contribution in [-0.4, -0.2) is 18.1 Å². The minimum Gasteiger partial charge on any atom is -0.462 e. The molecule has 2 aromatic rings. The first kappa shape index (κ1) is 14.8. The molecular weight excluding hydrogens is 294 g/mol. The van der Waals surface area contributed by atoms with Crippen LogP contribution in [0.3, 0.4) is 0 Å². The second-order valence-corrected chi connectivity index (χ2v) is 5.01. The van der Waals surface area contributed by atoms with Crippen molar-refractivity contribution in [1.82, 2.24) is 5.32 Å². The molecular formula is C18H15NO4. The van der Waals surface area contributed by atoms with Gasteiger partial charge in [-0.2, -0.15) is 0 Å². The van der Waals surface area contributed by atoms with Gasteiger partial charge in [-0.1, -0.05) is 30.3 Å². The van der Waals surface area contributed by atoms with E-state index in [1.807, 2.05) is 18.2 Å². The zero-order valence-corrected chi connectivity index (χ0v) is 12.5. The number of nitrogens with one attached hydrogen (secondary N) is 1. The van der Waals surface area contributed by atoms with Crippen molar-refractivity contribution in [2.75, 3.05) is 0 Å². The van der Waals surface area contributed by atoms with Crippen LogP contribution in [0.15, 0.2) is 54.6 Å². The van der Waals surface area contributed by atoms with Gasteiger partial charge in [0, 0.05) is 18.1 Å². The quantitative estimate of drug-likeness (QED) is 0.699. The topological polar surface area (TPSA) is 64.6 Å². The van der Waals surface area contributed by atoms with Crippen LogP contribution >= 0.6 is 0 Å².